The van der Waals surface area contributed by atoms with Crippen LogP contribution in [-0.2, 0) is 9.84 Å². The molecule has 25 heavy (non-hydrogen) atoms. The van der Waals surface area contributed by atoms with E-state index in [-0.39, 0.29) is 21.5 Å². The summed E-state index contributed by atoms with van der Waals surface area (Å²) in [5.74, 6) is 0.210. The van der Waals surface area contributed by atoms with Gasteiger partial charge in [-0.2, -0.15) is 0 Å². The third-order valence-corrected chi connectivity index (χ3v) is 5.39. The van der Waals surface area contributed by atoms with Crippen molar-refractivity contribution in [2.45, 2.75) is 17.9 Å². The highest BCUT2D eigenvalue weighted by atomic mass is 35.5. The summed E-state index contributed by atoms with van der Waals surface area (Å²) < 4.78 is 29.2. The maximum atomic E-state index is 12.4. The molecule has 0 spiro atoms. The van der Waals surface area contributed by atoms with Crippen molar-refractivity contribution in [3.63, 3.8) is 0 Å². The summed E-state index contributed by atoms with van der Waals surface area (Å²) in [5.41, 5.74) is 0.956. The third kappa shape index (κ3) is 3.70. The fraction of sp³-hybridized carbons (Fsp3) is 0.167. The number of amides is 1. The molecule has 1 amide bonds. The van der Waals surface area contributed by atoms with E-state index in [9.17, 15) is 13.2 Å². The zero-order chi connectivity index (χ0) is 18.2. The number of carbonyl (C=O) groups excluding carboxylic acids is 1. The molecule has 0 aliphatic rings. The van der Waals surface area contributed by atoms with Gasteiger partial charge in [-0.25, -0.2) is 8.42 Å². The number of halogens is 1. The molecule has 0 unspecified atom stereocenters. The third-order valence-electron chi connectivity index (χ3n) is 3.81. The van der Waals surface area contributed by atoms with E-state index in [1.54, 1.807) is 6.92 Å². The molecule has 7 heteroatoms. The molecule has 130 valence electrons. The van der Waals surface area contributed by atoms with Crippen molar-refractivity contribution in [2.24, 2.45) is 0 Å². The number of benzene rings is 2. The van der Waals surface area contributed by atoms with Crippen LogP contribution in [0.4, 0.5) is 0 Å². The number of rotatable bonds is 4. The molecule has 0 aliphatic heterocycles. The predicted molar refractivity (Wildman–Crippen MR) is 96.7 cm³/mol. The summed E-state index contributed by atoms with van der Waals surface area (Å²) in [4.78, 5) is 12.4. The average molecular weight is 378 g/mol. The van der Waals surface area contributed by atoms with Gasteiger partial charge in [0.05, 0.1) is 16.0 Å². The molecule has 0 fully saturated rings. The first-order chi connectivity index (χ1) is 11.8. The minimum atomic E-state index is -3.52. The lowest BCUT2D eigenvalue weighted by molar-refractivity contribution is 0.0935. The van der Waals surface area contributed by atoms with Crippen molar-refractivity contribution in [1.82, 2.24) is 5.32 Å². The van der Waals surface area contributed by atoms with Gasteiger partial charge in [-0.05, 0) is 37.3 Å². The van der Waals surface area contributed by atoms with Crippen LogP contribution >= 0.6 is 11.6 Å². The van der Waals surface area contributed by atoms with Crippen molar-refractivity contribution in [3.05, 3.63) is 64.9 Å². The molecule has 1 aromatic heterocycles. The topological polar surface area (TPSA) is 76.4 Å². The van der Waals surface area contributed by atoms with E-state index in [1.807, 2.05) is 30.3 Å². The van der Waals surface area contributed by atoms with E-state index in [1.165, 1.54) is 18.2 Å². The zero-order valence-electron chi connectivity index (χ0n) is 13.6. The van der Waals surface area contributed by atoms with Crippen molar-refractivity contribution >= 4 is 38.3 Å². The van der Waals surface area contributed by atoms with Gasteiger partial charge in [-0.15, -0.1) is 0 Å². The number of fused-ring (bicyclic) bond motifs is 1. The summed E-state index contributed by atoms with van der Waals surface area (Å²) in [6, 6.07) is 13.2. The molecule has 2 aromatic carbocycles. The molecule has 3 rings (SSSR count). The molecule has 1 atom stereocenters. The van der Waals surface area contributed by atoms with Crippen LogP contribution < -0.4 is 5.32 Å². The molecule has 0 bridgehead atoms. The lowest BCUT2D eigenvalue weighted by Crippen LogP contribution is -2.26. The standard InChI is InChI=1S/C18H16ClNO4S/c1-11(16-9-12-5-3-4-6-15(12)24-16)20-18(21)13-7-8-14(19)17(10-13)25(2,22)23/h3-11H,1-2H3,(H,20,21)/t11-/m0/s1. The van der Waals surface area contributed by atoms with Gasteiger partial charge in [0.15, 0.2) is 9.84 Å². The monoisotopic (exact) mass is 377 g/mol. The number of nitrogens with one attached hydrogen (secondary N) is 1. The lowest BCUT2D eigenvalue weighted by atomic mass is 10.1. The van der Waals surface area contributed by atoms with Crippen molar-refractivity contribution in [2.75, 3.05) is 6.26 Å². The van der Waals surface area contributed by atoms with Crippen LogP contribution in [0.25, 0.3) is 11.0 Å². The van der Waals surface area contributed by atoms with E-state index in [0.29, 0.717) is 5.76 Å². The first kappa shape index (κ1) is 17.5. The van der Waals surface area contributed by atoms with Gasteiger partial charge in [0.2, 0.25) is 0 Å². The first-order valence-electron chi connectivity index (χ1n) is 7.54. The van der Waals surface area contributed by atoms with Crippen molar-refractivity contribution < 1.29 is 17.6 Å². The number of sulfone groups is 1. The maximum Gasteiger partial charge on any atom is 0.251 e. The molecule has 0 saturated heterocycles. The lowest BCUT2D eigenvalue weighted by Gasteiger charge is -2.12. The van der Waals surface area contributed by atoms with E-state index in [4.69, 9.17) is 16.0 Å². The highest BCUT2D eigenvalue weighted by molar-refractivity contribution is 7.90. The minimum absolute atomic E-state index is 0.0711. The molecule has 3 aromatic rings. The number of para-hydroxylation sites is 1. The second-order valence-corrected chi connectivity index (χ2v) is 8.19. The van der Waals surface area contributed by atoms with Crippen molar-refractivity contribution in [1.29, 1.82) is 0 Å². The Hall–Kier alpha value is -2.31. The highest BCUT2D eigenvalue weighted by Crippen LogP contribution is 2.25. The summed E-state index contributed by atoms with van der Waals surface area (Å²) in [6.45, 7) is 1.79. The van der Waals surface area contributed by atoms with Gasteiger partial charge in [0.1, 0.15) is 11.3 Å². The van der Waals surface area contributed by atoms with Gasteiger partial charge in [0.25, 0.3) is 5.91 Å². The summed E-state index contributed by atoms with van der Waals surface area (Å²) >= 11 is 5.91. The van der Waals surface area contributed by atoms with Crippen LogP contribution in [0.3, 0.4) is 0 Å². The van der Waals surface area contributed by atoms with E-state index >= 15 is 0 Å². The van der Waals surface area contributed by atoms with Crippen LogP contribution in [0.2, 0.25) is 5.02 Å². The largest absolute Gasteiger partial charge is 0.459 e. The Morgan fingerprint density at radius 3 is 2.56 bits per heavy atom. The van der Waals surface area contributed by atoms with Crippen molar-refractivity contribution in [3.8, 4) is 0 Å². The molecule has 0 radical (unpaired) electrons. The molecule has 1 N–H and O–H groups in total. The average Bonchev–Trinajstić information content (AvgIpc) is 2.98. The van der Waals surface area contributed by atoms with Crippen LogP contribution in [0, 0.1) is 0 Å². The predicted octanol–water partition coefficient (Wildman–Crippen LogP) is 3.98. The minimum Gasteiger partial charge on any atom is -0.459 e. The van der Waals surface area contributed by atoms with Gasteiger partial charge >= 0.3 is 0 Å². The van der Waals surface area contributed by atoms with Crippen LogP contribution in [0.15, 0.2) is 57.8 Å². The Bertz CT molecular complexity index is 1020. The molecule has 0 saturated carbocycles. The fourth-order valence-corrected chi connectivity index (χ4v) is 3.80. The van der Waals surface area contributed by atoms with Crippen LogP contribution in [0.5, 0.6) is 0 Å². The van der Waals surface area contributed by atoms with Crippen LogP contribution in [0.1, 0.15) is 29.1 Å². The second kappa shape index (κ2) is 6.54. The molecular weight excluding hydrogens is 362 g/mol. The zero-order valence-corrected chi connectivity index (χ0v) is 15.2. The summed E-state index contributed by atoms with van der Waals surface area (Å²) in [7, 11) is -3.52. The maximum absolute atomic E-state index is 12.4. The van der Waals surface area contributed by atoms with Crippen LogP contribution in [-0.4, -0.2) is 20.6 Å². The Labute approximate surface area is 150 Å². The Balaban J connectivity index is 1.84. The SMILES string of the molecule is C[C@H](NC(=O)c1ccc(Cl)c(S(C)(=O)=O)c1)c1cc2ccccc2o1. The summed E-state index contributed by atoms with van der Waals surface area (Å²) in [5, 5.41) is 3.84. The Kier molecular flexibility index (Phi) is 4.58. The van der Waals surface area contributed by atoms with E-state index in [2.05, 4.69) is 5.32 Å². The number of hydrogen-bond donors (Lipinski definition) is 1. The second-order valence-electron chi connectivity index (χ2n) is 5.80. The smallest absolute Gasteiger partial charge is 0.251 e. The quantitative estimate of drug-likeness (QED) is 0.746. The molecular formula is C18H16ClNO4S. The molecule has 5 nitrogen and oxygen atoms in total. The first-order valence-corrected chi connectivity index (χ1v) is 9.81. The number of furan rings is 1. The Morgan fingerprint density at radius 1 is 1.16 bits per heavy atom. The summed E-state index contributed by atoms with van der Waals surface area (Å²) in [6.07, 6.45) is 1.05. The van der Waals surface area contributed by atoms with Gasteiger partial charge in [-0.1, -0.05) is 29.8 Å². The number of carbonyl (C=O) groups is 1. The fourth-order valence-electron chi connectivity index (χ4n) is 2.50. The number of hydrogen-bond acceptors (Lipinski definition) is 4. The molecule has 0 aliphatic carbocycles. The van der Waals surface area contributed by atoms with E-state index < -0.39 is 15.7 Å². The van der Waals surface area contributed by atoms with E-state index in [0.717, 1.165) is 17.2 Å². The highest BCUT2D eigenvalue weighted by Gasteiger charge is 2.19. The Morgan fingerprint density at radius 2 is 1.88 bits per heavy atom. The van der Waals surface area contributed by atoms with Gasteiger partial charge < -0.3 is 9.73 Å². The molecule has 1 heterocycles. The van der Waals surface area contributed by atoms with Gasteiger partial charge in [0, 0.05) is 17.2 Å². The normalized spacial score (nSPS) is 12.9. The van der Waals surface area contributed by atoms with Gasteiger partial charge in [-0.3, -0.25) is 4.79 Å².